The fraction of sp³-hybridized carbons (Fsp3) is 0.167. The second-order valence-corrected chi connectivity index (χ2v) is 6.20. The summed E-state index contributed by atoms with van der Waals surface area (Å²) in [6.45, 7) is 0.0162. The molecule has 0 saturated carbocycles. The highest BCUT2D eigenvalue weighted by atomic mass is 32.1. The van der Waals surface area contributed by atoms with Crippen LogP contribution in [0.15, 0.2) is 54.6 Å². The number of para-hydroxylation sites is 1. The van der Waals surface area contributed by atoms with E-state index < -0.39 is 12.1 Å². The number of aliphatic hydroxyl groups is 1. The number of carboxylic acids is 1. The Bertz CT molecular complexity index is 828. The lowest BCUT2D eigenvalue weighted by Gasteiger charge is -2.13. The fourth-order valence-electron chi connectivity index (χ4n) is 2.24. The molecule has 1 aromatic heterocycles. The van der Waals surface area contributed by atoms with Gasteiger partial charge in [-0.25, -0.2) is 4.79 Å². The Balaban J connectivity index is 1.66. The van der Waals surface area contributed by atoms with Gasteiger partial charge < -0.3 is 19.7 Å². The predicted octanol–water partition coefficient (Wildman–Crippen LogP) is 3.42. The lowest BCUT2D eigenvalue weighted by molar-refractivity contribution is 0.0604. The highest BCUT2D eigenvalue weighted by Gasteiger charge is 2.20. The quantitative estimate of drug-likeness (QED) is 0.687. The molecule has 0 amide bonds. The average molecular weight is 344 g/mol. The van der Waals surface area contributed by atoms with Gasteiger partial charge in [-0.3, -0.25) is 0 Å². The molecule has 1 atom stereocenters. The van der Waals surface area contributed by atoms with Crippen LogP contribution in [-0.2, 0) is 0 Å². The van der Waals surface area contributed by atoms with Crippen LogP contribution >= 0.6 is 11.3 Å². The number of benzene rings is 2. The number of ether oxygens (including phenoxy) is 2. The Morgan fingerprint density at radius 2 is 1.67 bits per heavy atom. The van der Waals surface area contributed by atoms with Crippen molar-refractivity contribution in [3.05, 3.63) is 59.5 Å². The van der Waals surface area contributed by atoms with Crippen molar-refractivity contribution < 1.29 is 24.5 Å². The molecule has 0 fully saturated rings. The summed E-state index contributed by atoms with van der Waals surface area (Å²) in [5.41, 5.74) is 0. The molecule has 2 N–H and O–H groups in total. The van der Waals surface area contributed by atoms with Gasteiger partial charge in [-0.15, -0.1) is 11.3 Å². The lowest BCUT2D eigenvalue weighted by Crippen LogP contribution is -2.25. The number of hydrogen-bond acceptors (Lipinski definition) is 5. The van der Waals surface area contributed by atoms with Gasteiger partial charge in [-0.1, -0.05) is 30.3 Å². The summed E-state index contributed by atoms with van der Waals surface area (Å²) < 4.78 is 11.9. The molecular weight excluding hydrogens is 328 g/mol. The maximum atomic E-state index is 11.4. The van der Waals surface area contributed by atoms with Crippen LogP contribution in [0.3, 0.4) is 0 Å². The number of aliphatic hydroxyl groups excluding tert-OH is 1. The molecule has 0 radical (unpaired) electrons. The molecule has 24 heavy (non-hydrogen) atoms. The topological polar surface area (TPSA) is 76.0 Å². The van der Waals surface area contributed by atoms with Gasteiger partial charge in [0.2, 0.25) is 0 Å². The maximum Gasteiger partial charge on any atom is 0.349 e. The molecule has 6 heteroatoms. The predicted molar refractivity (Wildman–Crippen MR) is 92.2 cm³/mol. The highest BCUT2D eigenvalue weighted by Crippen LogP contribution is 2.37. The molecule has 0 aliphatic heterocycles. The first-order chi connectivity index (χ1) is 11.6. The van der Waals surface area contributed by atoms with E-state index in [1.807, 2.05) is 36.4 Å². The molecule has 5 nitrogen and oxygen atoms in total. The van der Waals surface area contributed by atoms with Crippen LogP contribution < -0.4 is 9.47 Å². The van der Waals surface area contributed by atoms with Crippen molar-refractivity contribution in [3.8, 4) is 11.5 Å². The van der Waals surface area contributed by atoms with E-state index in [0.29, 0.717) is 11.5 Å². The lowest BCUT2D eigenvalue weighted by atomic mass is 10.2. The first-order valence-electron chi connectivity index (χ1n) is 7.38. The van der Waals surface area contributed by atoms with Crippen molar-refractivity contribution in [2.45, 2.75) is 6.10 Å². The average Bonchev–Trinajstić information content (AvgIpc) is 2.98. The Morgan fingerprint density at radius 3 is 2.42 bits per heavy atom. The zero-order chi connectivity index (χ0) is 16.9. The summed E-state index contributed by atoms with van der Waals surface area (Å²) in [5, 5.41) is 20.1. The van der Waals surface area contributed by atoms with Gasteiger partial charge in [0.05, 0.1) is 0 Å². The second-order valence-electron chi connectivity index (χ2n) is 5.15. The summed E-state index contributed by atoms with van der Waals surface area (Å²) in [6, 6.07) is 16.5. The van der Waals surface area contributed by atoms with Crippen molar-refractivity contribution in [2.24, 2.45) is 0 Å². The minimum atomic E-state index is -1.04. The van der Waals surface area contributed by atoms with E-state index in [4.69, 9.17) is 9.47 Å². The molecule has 0 spiro atoms. The van der Waals surface area contributed by atoms with Crippen molar-refractivity contribution in [3.63, 3.8) is 0 Å². The zero-order valence-electron chi connectivity index (χ0n) is 12.7. The monoisotopic (exact) mass is 344 g/mol. The van der Waals surface area contributed by atoms with Gasteiger partial charge >= 0.3 is 5.97 Å². The number of aromatic carboxylic acids is 1. The third kappa shape index (κ3) is 3.67. The van der Waals surface area contributed by atoms with Crippen LogP contribution in [0.1, 0.15) is 9.67 Å². The Hall–Kier alpha value is -2.57. The first kappa shape index (κ1) is 16.3. The van der Waals surface area contributed by atoms with Crippen LogP contribution in [0.5, 0.6) is 11.5 Å². The molecule has 2 aromatic carbocycles. The van der Waals surface area contributed by atoms with Gasteiger partial charge in [0.25, 0.3) is 0 Å². The first-order valence-corrected chi connectivity index (χ1v) is 8.20. The van der Waals surface area contributed by atoms with Crippen molar-refractivity contribution in [1.82, 2.24) is 0 Å². The van der Waals surface area contributed by atoms with E-state index in [0.717, 1.165) is 21.4 Å². The molecule has 3 rings (SSSR count). The number of hydrogen-bond donors (Lipinski definition) is 2. The molecule has 3 aromatic rings. The van der Waals surface area contributed by atoms with Crippen LogP contribution in [0.4, 0.5) is 0 Å². The van der Waals surface area contributed by atoms with Crippen molar-refractivity contribution in [2.75, 3.05) is 13.2 Å². The van der Waals surface area contributed by atoms with Gasteiger partial charge in [0, 0.05) is 10.1 Å². The second kappa shape index (κ2) is 7.33. The van der Waals surface area contributed by atoms with Gasteiger partial charge in [0.1, 0.15) is 25.1 Å². The van der Waals surface area contributed by atoms with Crippen LogP contribution in [0.2, 0.25) is 0 Å². The van der Waals surface area contributed by atoms with E-state index >= 15 is 0 Å². The molecule has 0 saturated heterocycles. The fourth-order valence-corrected chi connectivity index (χ4v) is 3.23. The summed E-state index contributed by atoms with van der Waals surface area (Å²) in [4.78, 5) is 11.5. The zero-order valence-corrected chi connectivity index (χ0v) is 13.5. The van der Waals surface area contributed by atoms with Crippen LogP contribution in [0, 0.1) is 0 Å². The molecule has 0 aliphatic carbocycles. The van der Waals surface area contributed by atoms with E-state index in [9.17, 15) is 15.0 Å². The number of carboxylic acid groups (broad SMARTS) is 1. The largest absolute Gasteiger partial charge is 0.491 e. The molecular formula is C18H16O5S. The van der Waals surface area contributed by atoms with E-state index in [-0.39, 0.29) is 18.1 Å². The Morgan fingerprint density at radius 1 is 1.00 bits per heavy atom. The number of thiophene rings is 1. The van der Waals surface area contributed by atoms with E-state index in [1.54, 1.807) is 18.2 Å². The molecule has 0 bridgehead atoms. The third-order valence-corrected chi connectivity index (χ3v) is 4.49. The minimum absolute atomic E-state index is 0.0478. The molecule has 0 aliphatic rings. The SMILES string of the molecule is O=C(O)c1sc2ccccc2c1OCC(O)COc1ccccc1. The van der Waals surface area contributed by atoms with Gasteiger partial charge in [0.15, 0.2) is 10.6 Å². The van der Waals surface area contributed by atoms with Gasteiger partial charge in [-0.2, -0.15) is 0 Å². The summed E-state index contributed by atoms with van der Waals surface area (Å²) in [7, 11) is 0. The van der Waals surface area contributed by atoms with E-state index in [2.05, 4.69) is 0 Å². The summed E-state index contributed by atoms with van der Waals surface area (Å²) in [6.07, 6.45) is -0.870. The maximum absolute atomic E-state index is 11.4. The smallest absolute Gasteiger partial charge is 0.349 e. The standard InChI is InChI=1S/C18H16O5S/c19-12(10-22-13-6-2-1-3-7-13)11-23-16-14-8-4-5-9-15(14)24-17(16)18(20)21/h1-9,12,19H,10-11H2,(H,20,21). The molecule has 1 heterocycles. The summed E-state index contributed by atoms with van der Waals surface area (Å²) in [5.74, 6) is -0.0909. The van der Waals surface area contributed by atoms with Gasteiger partial charge in [-0.05, 0) is 24.3 Å². The Labute approximate surface area is 142 Å². The summed E-state index contributed by atoms with van der Waals surface area (Å²) >= 11 is 1.16. The van der Waals surface area contributed by atoms with Crippen LogP contribution in [-0.4, -0.2) is 35.5 Å². The normalized spacial score (nSPS) is 12.0. The number of rotatable bonds is 7. The highest BCUT2D eigenvalue weighted by molar-refractivity contribution is 7.21. The van der Waals surface area contributed by atoms with Crippen LogP contribution in [0.25, 0.3) is 10.1 Å². The third-order valence-electron chi connectivity index (χ3n) is 3.35. The van der Waals surface area contributed by atoms with Crippen molar-refractivity contribution in [1.29, 1.82) is 0 Å². The van der Waals surface area contributed by atoms with Crippen molar-refractivity contribution >= 4 is 27.4 Å². The van der Waals surface area contributed by atoms with E-state index in [1.165, 1.54) is 0 Å². The number of fused-ring (bicyclic) bond motifs is 1. The Kier molecular flexibility index (Phi) is 4.98. The minimum Gasteiger partial charge on any atom is -0.491 e. The molecule has 1 unspecified atom stereocenters. The number of carbonyl (C=O) groups is 1. The molecule has 124 valence electrons.